The second-order valence-electron chi connectivity index (χ2n) is 3.93. The first-order chi connectivity index (χ1) is 8.15. The molecule has 0 aliphatic carbocycles. The average molecular weight is 358 g/mol. The van der Waals surface area contributed by atoms with Gasteiger partial charge in [-0.2, -0.15) is 0 Å². The lowest BCUT2D eigenvalue weighted by Crippen LogP contribution is -2.01. The lowest BCUT2D eigenvalue weighted by Gasteiger charge is -2.09. The van der Waals surface area contributed by atoms with Crippen molar-refractivity contribution in [3.8, 4) is 0 Å². The Labute approximate surface area is 120 Å². The number of hydrogen-bond donors (Lipinski definition) is 1. The van der Waals surface area contributed by atoms with Crippen molar-refractivity contribution in [1.82, 2.24) is 0 Å². The van der Waals surface area contributed by atoms with E-state index in [4.69, 9.17) is 11.6 Å². The van der Waals surface area contributed by atoms with Gasteiger partial charge in [0, 0.05) is 20.8 Å². The molecular formula is C14H13ClIN. The minimum absolute atomic E-state index is 0.792. The van der Waals surface area contributed by atoms with Gasteiger partial charge in [0.15, 0.2) is 0 Å². The van der Waals surface area contributed by atoms with Crippen LogP contribution in [-0.4, -0.2) is 0 Å². The summed E-state index contributed by atoms with van der Waals surface area (Å²) in [4.78, 5) is 0. The molecule has 0 unspecified atom stereocenters. The van der Waals surface area contributed by atoms with Gasteiger partial charge in [0.1, 0.15) is 0 Å². The summed E-state index contributed by atoms with van der Waals surface area (Å²) >= 11 is 8.23. The Balaban J connectivity index is 2.04. The highest BCUT2D eigenvalue weighted by Crippen LogP contribution is 2.17. The van der Waals surface area contributed by atoms with Crippen LogP contribution >= 0.6 is 34.2 Å². The van der Waals surface area contributed by atoms with E-state index in [2.05, 4.69) is 65.2 Å². The first kappa shape index (κ1) is 12.7. The van der Waals surface area contributed by atoms with E-state index in [1.807, 2.05) is 12.1 Å². The van der Waals surface area contributed by atoms with E-state index in [0.717, 1.165) is 17.3 Å². The van der Waals surface area contributed by atoms with Crippen molar-refractivity contribution in [1.29, 1.82) is 0 Å². The molecule has 0 bridgehead atoms. The summed E-state index contributed by atoms with van der Waals surface area (Å²) in [7, 11) is 0. The topological polar surface area (TPSA) is 12.0 Å². The summed E-state index contributed by atoms with van der Waals surface area (Å²) in [6.07, 6.45) is 0. The fraction of sp³-hybridized carbons (Fsp3) is 0.143. The fourth-order valence-electron chi connectivity index (χ4n) is 1.62. The highest BCUT2D eigenvalue weighted by atomic mass is 127. The van der Waals surface area contributed by atoms with Gasteiger partial charge >= 0.3 is 0 Å². The van der Waals surface area contributed by atoms with Crippen LogP contribution in [0.25, 0.3) is 0 Å². The zero-order chi connectivity index (χ0) is 12.3. The molecule has 0 radical (unpaired) electrons. The van der Waals surface area contributed by atoms with Crippen LogP contribution in [0.2, 0.25) is 5.02 Å². The molecule has 0 aromatic heterocycles. The third-order valence-electron chi connectivity index (χ3n) is 2.63. The smallest absolute Gasteiger partial charge is 0.0408 e. The van der Waals surface area contributed by atoms with E-state index in [1.54, 1.807) is 0 Å². The first-order valence-electron chi connectivity index (χ1n) is 5.39. The molecule has 0 fully saturated rings. The molecule has 2 aromatic rings. The second kappa shape index (κ2) is 5.74. The van der Waals surface area contributed by atoms with Crippen LogP contribution < -0.4 is 5.32 Å². The number of aryl methyl sites for hydroxylation is 1. The molecule has 0 saturated carbocycles. The van der Waals surface area contributed by atoms with Crippen molar-refractivity contribution in [2.75, 3.05) is 5.32 Å². The van der Waals surface area contributed by atoms with E-state index in [0.29, 0.717) is 0 Å². The van der Waals surface area contributed by atoms with Gasteiger partial charge in [0.2, 0.25) is 0 Å². The predicted molar refractivity (Wildman–Crippen MR) is 82.7 cm³/mol. The van der Waals surface area contributed by atoms with Crippen molar-refractivity contribution in [3.05, 3.63) is 62.2 Å². The molecule has 0 saturated heterocycles. The van der Waals surface area contributed by atoms with E-state index >= 15 is 0 Å². The summed E-state index contributed by atoms with van der Waals surface area (Å²) < 4.78 is 1.25. The van der Waals surface area contributed by atoms with Crippen LogP contribution in [0, 0.1) is 10.5 Å². The molecule has 2 aromatic carbocycles. The van der Waals surface area contributed by atoms with E-state index in [1.165, 1.54) is 14.7 Å². The Kier molecular flexibility index (Phi) is 4.29. The van der Waals surface area contributed by atoms with Crippen molar-refractivity contribution < 1.29 is 0 Å². The van der Waals surface area contributed by atoms with Gasteiger partial charge in [-0.15, -0.1) is 0 Å². The molecule has 1 N–H and O–H groups in total. The highest BCUT2D eigenvalue weighted by Gasteiger charge is 1.99. The van der Waals surface area contributed by atoms with Crippen LogP contribution in [0.5, 0.6) is 0 Å². The lowest BCUT2D eigenvalue weighted by molar-refractivity contribution is 1.12. The Morgan fingerprint density at radius 1 is 1.12 bits per heavy atom. The van der Waals surface area contributed by atoms with Gasteiger partial charge in [-0.1, -0.05) is 17.7 Å². The molecule has 1 nitrogen and oxygen atoms in total. The van der Waals surface area contributed by atoms with Gasteiger partial charge in [0.25, 0.3) is 0 Å². The summed E-state index contributed by atoms with van der Waals surface area (Å²) in [6, 6.07) is 14.4. The maximum Gasteiger partial charge on any atom is 0.0408 e. The van der Waals surface area contributed by atoms with E-state index in [9.17, 15) is 0 Å². The zero-order valence-electron chi connectivity index (χ0n) is 9.50. The molecule has 2 rings (SSSR count). The minimum Gasteiger partial charge on any atom is -0.381 e. The third kappa shape index (κ3) is 3.61. The maximum atomic E-state index is 5.93. The number of halogens is 2. The fourth-order valence-corrected chi connectivity index (χ4v) is 2.21. The summed E-state index contributed by atoms with van der Waals surface area (Å²) in [6.45, 7) is 2.90. The summed E-state index contributed by atoms with van der Waals surface area (Å²) in [5, 5.41) is 4.19. The molecule has 0 aliphatic rings. The van der Waals surface area contributed by atoms with E-state index in [-0.39, 0.29) is 0 Å². The van der Waals surface area contributed by atoms with Crippen LogP contribution in [0.1, 0.15) is 11.1 Å². The largest absolute Gasteiger partial charge is 0.381 e. The standard InChI is InChI=1S/C14H13ClIN/c1-10-8-12(15)3-2-11(10)9-17-14-6-4-13(16)5-7-14/h2-8,17H,9H2,1H3. The number of hydrogen-bond acceptors (Lipinski definition) is 1. The summed E-state index contributed by atoms with van der Waals surface area (Å²) in [5.41, 5.74) is 3.63. The van der Waals surface area contributed by atoms with Crippen LogP contribution in [0.15, 0.2) is 42.5 Å². The molecule has 0 aliphatic heterocycles. The van der Waals surface area contributed by atoms with Crippen molar-refractivity contribution in [2.24, 2.45) is 0 Å². The molecule has 0 amide bonds. The molecule has 0 atom stereocenters. The van der Waals surface area contributed by atoms with Crippen molar-refractivity contribution in [2.45, 2.75) is 13.5 Å². The van der Waals surface area contributed by atoms with Crippen LogP contribution in [0.3, 0.4) is 0 Å². The highest BCUT2D eigenvalue weighted by molar-refractivity contribution is 14.1. The van der Waals surface area contributed by atoms with Crippen molar-refractivity contribution in [3.63, 3.8) is 0 Å². The lowest BCUT2D eigenvalue weighted by atomic mass is 10.1. The third-order valence-corrected chi connectivity index (χ3v) is 3.59. The molecule has 17 heavy (non-hydrogen) atoms. The number of anilines is 1. The Morgan fingerprint density at radius 2 is 1.82 bits per heavy atom. The SMILES string of the molecule is Cc1cc(Cl)ccc1CNc1ccc(I)cc1. The summed E-state index contributed by atoms with van der Waals surface area (Å²) in [5.74, 6) is 0. The molecule has 88 valence electrons. The number of benzene rings is 2. The van der Waals surface area contributed by atoms with Gasteiger partial charge in [0.05, 0.1) is 0 Å². The Bertz CT molecular complexity index is 508. The van der Waals surface area contributed by atoms with Crippen LogP contribution in [0.4, 0.5) is 5.69 Å². The van der Waals surface area contributed by atoms with Gasteiger partial charge in [-0.05, 0) is 77.0 Å². The van der Waals surface area contributed by atoms with Gasteiger partial charge < -0.3 is 5.32 Å². The second-order valence-corrected chi connectivity index (χ2v) is 5.61. The van der Waals surface area contributed by atoms with Gasteiger partial charge in [-0.25, -0.2) is 0 Å². The normalized spacial score (nSPS) is 10.3. The zero-order valence-corrected chi connectivity index (χ0v) is 12.4. The predicted octanol–water partition coefficient (Wildman–Crippen LogP) is 4.87. The van der Waals surface area contributed by atoms with Gasteiger partial charge in [-0.3, -0.25) is 0 Å². The molecule has 0 heterocycles. The monoisotopic (exact) mass is 357 g/mol. The average Bonchev–Trinajstić information content (AvgIpc) is 2.30. The quantitative estimate of drug-likeness (QED) is 0.773. The Morgan fingerprint density at radius 3 is 2.47 bits per heavy atom. The van der Waals surface area contributed by atoms with E-state index < -0.39 is 0 Å². The number of nitrogens with one attached hydrogen (secondary N) is 1. The van der Waals surface area contributed by atoms with Crippen LogP contribution in [-0.2, 0) is 6.54 Å². The maximum absolute atomic E-state index is 5.93. The molecular weight excluding hydrogens is 345 g/mol. The molecule has 3 heteroatoms. The molecule has 0 spiro atoms. The Hall–Kier alpha value is -0.740. The first-order valence-corrected chi connectivity index (χ1v) is 6.85. The number of rotatable bonds is 3. The minimum atomic E-state index is 0.792. The van der Waals surface area contributed by atoms with Crippen molar-refractivity contribution >= 4 is 39.9 Å².